The molecule has 0 radical (unpaired) electrons. The zero-order valence-corrected chi connectivity index (χ0v) is 15.3. The van der Waals surface area contributed by atoms with E-state index in [0.29, 0.717) is 31.6 Å². The van der Waals surface area contributed by atoms with Crippen LogP contribution >= 0.6 is 0 Å². The van der Waals surface area contributed by atoms with E-state index >= 15 is 0 Å². The number of sulfonamides is 1. The van der Waals surface area contributed by atoms with Gasteiger partial charge >= 0.3 is 6.03 Å². The molecule has 0 saturated carbocycles. The molecule has 1 N–H and O–H groups in total. The summed E-state index contributed by atoms with van der Waals surface area (Å²) in [7, 11) is 1.04. The third kappa shape index (κ3) is 5.32. The molecule has 1 unspecified atom stereocenters. The number of urea groups is 1. The van der Waals surface area contributed by atoms with Crippen LogP contribution in [0.1, 0.15) is 25.7 Å². The van der Waals surface area contributed by atoms with Crippen LogP contribution in [0, 0.1) is 5.92 Å². The van der Waals surface area contributed by atoms with Crippen molar-refractivity contribution >= 4 is 16.1 Å². The number of hydrogen-bond acceptors (Lipinski definition) is 4. The molecule has 8 heteroatoms. The number of piperidine rings is 2. The van der Waals surface area contributed by atoms with E-state index in [-0.39, 0.29) is 6.03 Å². The highest BCUT2D eigenvalue weighted by Crippen LogP contribution is 2.19. The van der Waals surface area contributed by atoms with Crippen LogP contribution in [-0.4, -0.2) is 87.7 Å². The first kappa shape index (κ1) is 18.5. The first-order chi connectivity index (χ1) is 10.8. The maximum Gasteiger partial charge on any atom is 0.317 e. The van der Waals surface area contributed by atoms with Crippen LogP contribution < -0.4 is 5.32 Å². The van der Waals surface area contributed by atoms with Crippen molar-refractivity contribution in [2.45, 2.75) is 31.7 Å². The molecule has 0 aromatic heterocycles. The Morgan fingerprint density at radius 3 is 2.39 bits per heavy atom. The number of nitrogens with zero attached hydrogens (tertiary/aromatic N) is 3. The highest BCUT2D eigenvalue weighted by Gasteiger charge is 2.27. The molecule has 134 valence electrons. The molecule has 2 heterocycles. The van der Waals surface area contributed by atoms with Gasteiger partial charge in [-0.1, -0.05) is 0 Å². The first-order valence-electron chi connectivity index (χ1n) is 8.41. The van der Waals surface area contributed by atoms with Crippen molar-refractivity contribution in [1.82, 2.24) is 19.4 Å². The summed E-state index contributed by atoms with van der Waals surface area (Å²) in [6.45, 7) is 3.37. The number of likely N-dealkylation sites (N-methyl/N-ethyl adjacent to an activating group) is 1. The molecule has 0 spiro atoms. The van der Waals surface area contributed by atoms with Gasteiger partial charge in [0.2, 0.25) is 10.0 Å². The molecule has 2 aliphatic heterocycles. The molecule has 2 aliphatic rings. The van der Waals surface area contributed by atoms with Crippen LogP contribution in [-0.2, 0) is 10.0 Å². The summed E-state index contributed by atoms with van der Waals surface area (Å²) in [6, 6.07) is 0.453. The van der Waals surface area contributed by atoms with Gasteiger partial charge in [-0.15, -0.1) is 0 Å². The van der Waals surface area contributed by atoms with E-state index in [1.807, 2.05) is 4.90 Å². The average molecular weight is 346 g/mol. The van der Waals surface area contributed by atoms with Gasteiger partial charge in [0.25, 0.3) is 0 Å². The van der Waals surface area contributed by atoms with Gasteiger partial charge in [-0.25, -0.2) is 17.5 Å². The Morgan fingerprint density at radius 2 is 1.83 bits per heavy atom. The van der Waals surface area contributed by atoms with Crippen molar-refractivity contribution in [2.24, 2.45) is 5.92 Å². The lowest BCUT2D eigenvalue weighted by Crippen LogP contribution is -2.51. The Hall–Kier alpha value is -0.860. The quantitative estimate of drug-likeness (QED) is 0.799. The topological polar surface area (TPSA) is 73.0 Å². The van der Waals surface area contributed by atoms with Crippen molar-refractivity contribution in [3.8, 4) is 0 Å². The second-order valence-corrected chi connectivity index (χ2v) is 8.98. The molecule has 0 bridgehead atoms. The van der Waals surface area contributed by atoms with E-state index in [4.69, 9.17) is 0 Å². The molecule has 0 aromatic carbocycles. The molecule has 1 atom stereocenters. The zero-order chi connectivity index (χ0) is 17.0. The van der Waals surface area contributed by atoms with E-state index in [1.54, 1.807) is 0 Å². The number of amides is 2. The Bertz CT molecular complexity index is 501. The molecular formula is C15H30N4O3S. The summed E-state index contributed by atoms with van der Waals surface area (Å²) in [6.07, 6.45) is 5.07. The minimum absolute atomic E-state index is 0.0158. The van der Waals surface area contributed by atoms with Crippen LogP contribution in [0.5, 0.6) is 0 Å². The lowest BCUT2D eigenvalue weighted by atomic mass is 9.98. The third-order valence-electron chi connectivity index (χ3n) is 5.00. The van der Waals surface area contributed by atoms with Crippen LogP contribution in [0.15, 0.2) is 0 Å². The summed E-state index contributed by atoms with van der Waals surface area (Å²) in [5, 5.41) is 3.04. The van der Waals surface area contributed by atoms with Crippen LogP contribution in [0.3, 0.4) is 0 Å². The number of nitrogens with one attached hydrogen (secondary N) is 1. The molecule has 7 nitrogen and oxygen atoms in total. The molecule has 0 aliphatic carbocycles. The van der Waals surface area contributed by atoms with Gasteiger partial charge in [0.15, 0.2) is 0 Å². The van der Waals surface area contributed by atoms with Crippen molar-refractivity contribution in [3.05, 3.63) is 0 Å². The number of hydrogen-bond donors (Lipinski definition) is 1. The van der Waals surface area contributed by atoms with Crippen molar-refractivity contribution in [2.75, 3.05) is 53.1 Å². The minimum atomic E-state index is -3.08. The number of likely N-dealkylation sites (tertiary alicyclic amines) is 1. The first-order valence-corrected chi connectivity index (χ1v) is 10.3. The summed E-state index contributed by atoms with van der Waals surface area (Å²) in [4.78, 5) is 16.4. The number of rotatable bonds is 4. The standard InChI is InChI=1S/C15H30N4O3S/c1-17(2)14-5-4-8-18(12-14)15(20)16-11-13-6-9-19(10-7-13)23(3,21)22/h13-14H,4-12H2,1-3H3,(H,16,20). The third-order valence-corrected chi connectivity index (χ3v) is 6.30. The van der Waals surface area contributed by atoms with E-state index in [2.05, 4.69) is 24.3 Å². The fraction of sp³-hybridized carbons (Fsp3) is 0.933. The molecule has 2 saturated heterocycles. The predicted molar refractivity (Wildman–Crippen MR) is 90.8 cm³/mol. The zero-order valence-electron chi connectivity index (χ0n) is 14.5. The lowest BCUT2D eigenvalue weighted by molar-refractivity contribution is 0.138. The van der Waals surface area contributed by atoms with Gasteiger partial charge in [0, 0.05) is 38.8 Å². The molecule has 2 amide bonds. The van der Waals surface area contributed by atoms with Crippen LogP contribution in [0.2, 0.25) is 0 Å². The Morgan fingerprint density at radius 1 is 1.17 bits per heavy atom. The molecule has 23 heavy (non-hydrogen) atoms. The Balaban J connectivity index is 1.73. The van der Waals surface area contributed by atoms with Gasteiger partial charge < -0.3 is 15.1 Å². The maximum absolute atomic E-state index is 12.3. The lowest BCUT2D eigenvalue weighted by Gasteiger charge is -2.36. The second-order valence-electron chi connectivity index (χ2n) is 7.00. The van der Waals surface area contributed by atoms with Gasteiger partial charge in [0.05, 0.1) is 6.26 Å². The molecule has 2 fully saturated rings. The fourth-order valence-corrected chi connectivity index (χ4v) is 4.22. The van der Waals surface area contributed by atoms with E-state index in [1.165, 1.54) is 10.6 Å². The molecule has 0 aromatic rings. The predicted octanol–water partition coefficient (Wildman–Crippen LogP) is 0.394. The largest absolute Gasteiger partial charge is 0.338 e. The summed E-state index contributed by atoms with van der Waals surface area (Å²) < 4.78 is 24.5. The van der Waals surface area contributed by atoms with E-state index in [0.717, 1.165) is 38.8 Å². The molecular weight excluding hydrogens is 316 g/mol. The smallest absolute Gasteiger partial charge is 0.317 e. The van der Waals surface area contributed by atoms with Gasteiger partial charge in [-0.3, -0.25) is 0 Å². The average Bonchev–Trinajstić information content (AvgIpc) is 2.52. The summed E-state index contributed by atoms with van der Waals surface area (Å²) in [5.74, 6) is 0.367. The SMILES string of the molecule is CN(C)C1CCCN(C(=O)NCC2CCN(S(C)(=O)=O)CC2)C1. The van der Waals surface area contributed by atoms with Crippen molar-refractivity contribution < 1.29 is 13.2 Å². The molecule has 2 rings (SSSR count). The van der Waals surface area contributed by atoms with Gasteiger partial charge in [-0.05, 0) is 45.7 Å². The van der Waals surface area contributed by atoms with E-state index < -0.39 is 10.0 Å². The van der Waals surface area contributed by atoms with Crippen LogP contribution in [0.4, 0.5) is 4.79 Å². The summed E-state index contributed by atoms with van der Waals surface area (Å²) >= 11 is 0. The Kier molecular flexibility index (Phi) is 6.27. The van der Waals surface area contributed by atoms with Crippen molar-refractivity contribution in [3.63, 3.8) is 0 Å². The highest BCUT2D eigenvalue weighted by atomic mass is 32.2. The van der Waals surface area contributed by atoms with Crippen LogP contribution in [0.25, 0.3) is 0 Å². The Labute approximate surface area is 140 Å². The fourth-order valence-electron chi connectivity index (χ4n) is 3.35. The summed E-state index contributed by atoms with van der Waals surface area (Å²) in [5.41, 5.74) is 0. The van der Waals surface area contributed by atoms with Crippen molar-refractivity contribution in [1.29, 1.82) is 0 Å². The monoisotopic (exact) mass is 346 g/mol. The number of carbonyl (C=O) groups excluding carboxylic acids is 1. The minimum Gasteiger partial charge on any atom is -0.338 e. The maximum atomic E-state index is 12.3. The van der Waals surface area contributed by atoms with Gasteiger partial charge in [0.1, 0.15) is 0 Å². The number of carbonyl (C=O) groups is 1. The normalized spacial score (nSPS) is 24.9. The van der Waals surface area contributed by atoms with Gasteiger partial charge in [-0.2, -0.15) is 0 Å². The highest BCUT2D eigenvalue weighted by molar-refractivity contribution is 7.88. The van der Waals surface area contributed by atoms with E-state index in [9.17, 15) is 13.2 Å². The second kappa shape index (κ2) is 7.81.